The Bertz CT molecular complexity index is 1220. The Balaban J connectivity index is 2.02. The van der Waals surface area contributed by atoms with Crippen molar-refractivity contribution in [3.05, 3.63) is 60.0 Å². The molecular weight excluding hydrogens is 413 g/mol. The van der Waals surface area contributed by atoms with Crippen LogP contribution in [0.4, 0.5) is 33.2 Å². The van der Waals surface area contributed by atoms with Gasteiger partial charge in [-0.2, -0.15) is 4.98 Å². The van der Waals surface area contributed by atoms with E-state index in [1.54, 1.807) is 19.2 Å². The predicted molar refractivity (Wildman–Crippen MR) is 111 cm³/mol. The van der Waals surface area contributed by atoms with E-state index in [0.29, 0.717) is 5.69 Å². The number of benzene rings is 2. The van der Waals surface area contributed by atoms with Gasteiger partial charge in [0.05, 0.1) is 11.4 Å². The van der Waals surface area contributed by atoms with Crippen molar-refractivity contribution in [1.82, 2.24) is 9.97 Å². The van der Waals surface area contributed by atoms with E-state index in [0.717, 1.165) is 6.20 Å². The van der Waals surface area contributed by atoms with Crippen LogP contribution >= 0.6 is 0 Å². The number of nitrogens with zero attached hydrogens (tertiary/aromatic N) is 2. The lowest BCUT2D eigenvalue weighted by molar-refractivity contribution is 0.100. The van der Waals surface area contributed by atoms with Crippen LogP contribution in [0.2, 0.25) is 0 Å². The third-order valence-electron chi connectivity index (χ3n) is 4.00. The lowest BCUT2D eigenvalue weighted by Crippen LogP contribution is -2.17. The topological polar surface area (TPSA) is 165 Å². The number of nitrogens with two attached hydrogens (primary N) is 2. The van der Waals surface area contributed by atoms with E-state index < -0.39 is 21.7 Å². The molecule has 0 aliphatic carbocycles. The molecule has 0 spiro atoms. The van der Waals surface area contributed by atoms with Crippen molar-refractivity contribution in [2.45, 2.75) is 4.90 Å². The summed E-state index contributed by atoms with van der Waals surface area (Å²) in [4.78, 5) is 19.7. The second-order valence-electron chi connectivity index (χ2n) is 6.06. The molecule has 0 bridgehead atoms. The maximum atomic E-state index is 14.1. The summed E-state index contributed by atoms with van der Waals surface area (Å²) >= 11 is 0. The molecule has 0 aliphatic heterocycles. The second kappa shape index (κ2) is 8.31. The number of amides is 1. The molecule has 3 aromatic rings. The number of aromatic nitrogens is 2. The zero-order valence-corrected chi connectivity index (χ0v) is 16.5. The van der Waals surface area contributed by atoms with E-state index in [2.05, 4.69) is 25.9 Å². The minimum atomic E-state index is -4.05. The van der Waals surface area contributed by atoms with Gasteiger partial charge in [-0.3, -0.25) is 4.79 Å². The van der Waals surface area contributed by atoms with Crippen LogP contribution in [0.3, 0.4) is 0 Å². The number of anilines is 5. The molecule has 1 heterocycles. The largest absolute Gasteiger partial charge is 0.388 e. The highest BCUT2D eigenvalue weighted by Crippen LogP contribution is 2.27. The predicted octanol–water partition coefficient (Wildman–Crippen LogP) is 1.89. The molecule has 0 radical (unpaired) electrons. The van der Waals surface area contributed by atoms with E-state index in [1.165, 1.54) is 30.3 Å². The van der Waals surface area contributed by atoms with Gasteiger partial charge in [-0.05, 0) is 30.3 Å². The summed E-state index contributed by atoms with van der Waals surface area (Å²) in [6.07, 6.45) is 1.14. The standard InChI is InChI=1S/C18H18FN7O3S/c1-22-10-6-7-12(19)14(8-10)25-18-23-9-11(16(20)27)17(26-18)24-13-4-2-3-5-15(13)30(21,28)29/h2-9,22H,1H3,(H2,20,27)(H2,21,28,29)(H2,23,24,25,26). The van der Waals surface area contributed by atoms with E-state index >= 15 is 0 Å². The number of primary sulfonamides is 1. The smallest absolute Gasteiger partial charge is 0.254 e. The fourth-order valence-electron chi connectivity index (χ4n) is 2.56. The summed E-state index contributed by atoms with van der Waals surface area (Å²) in [6.45, 7) is 0. The number of halogens is 1. The summed E-state index contributed by atoms with van der Waals surface area (Å²) in [5.41, 5.74) is 6.08. The van der Waals surface area contributed by atoms with Gasteiger partial charge < -0.3 is 21.7 Å². The van der Waals surface area contributed by atoms with Crippen molar-refractivity contribution < 1.29 is 17.6 Å². The SMILES string of the molecule is CNc1ccc(F)c(Nc2ncc(C(N)=O)c(Nc3ccccc3S(N)(=O)=O)n2)c1. The molecule has 0 unspecified atom stereocenters. The van der Waals surface area contributed by atoms with Crippen LogP contribution < -0.4 is 26.8 Å². The minimum Gasteiger partial charge on any atom is -0.388 e. The van der Waals surface area contributed by atoms with Gasteiger partial charge in [0.15, 0.2) is 0 Å². The number of carbonyl (C=O) groups excluding carboxylic acids is 1. The molecule has 2 aromatic carbocycles. The van der Waals surface area contributed by atoms with Crippen LogP contribution in [0.15, 0.2) is 53.6 Å². The highest BCUT2D eigenvalue weighted by Gasteiger charge is 2.18. The number of hydrogen-bond acceptors (Lipinski definition) is 8. The molecule has 3 rings (SSSR count). The second-order valence-corrected chi connectivity index (χ2v) is 7.59. The molecular formula is C18H18FN7O3S. The van der Waals surface area contributed by atoms with Gasteiger partial charge in [0.1, 0.15) is 22.1 Å². The summed E-state index contributed by atoms with van der Waals surface area (Å²) in [7, 11) is -2.37. The molecule has 0 atom stereocenters. The quantitative estimate of drug-likeness (QED) is 0.378. The number of rotatable bonds is 7. The number of sulfonamides is 1. The van der Waals surface area contributed by atoms with Crippen molar-refractivity contribution in [3.63, 3.8) is 0 Å². The van der Waals surface area contributed by atoms with E-state index in [-0.39, 0.29) is 33.6 Å². The Kier molecular flexibility index (Phi) is 5.80. The normalized spacial score (nSPS) is 11.0. The first kappa shape index (κ1) is 21.0. The van der Waals surface area contributed by atoms with Crippen LogP contribution in [-0.2, 0) is 10.0 Å². The Morgan fingerprint density at radius 1 is 1.10 bits per heavy atom. The molecule has 7 N–H and O–H groups in total. The molecule has 156 valence electrons. The van der Waals surface area contributed by atoms with Crippen LogP contribution in [0.5, 0.6) is 0 Å². The van der Waals surface area contributed by atoms with Gasteiger partial charge >= 0.3 is 0 Å². The summed E-state index contributed by atoms with van der Waals surface area (Å²) in [5, 5.41) is 13.6. The van der Waals surface area contributed by atoms with Gasteiger partial charge in [-0.15, -0.1) is 0 Å². The summed E-state index contributed by atoms with van der Waals surface area (Å²) in [6, 6.07) is 10.1. The first-order valence-electron chi connectivity index (χ1n) is 8.49. The van der Waals surface area contributed by atoms with Crippen molar-refractivity contribution in [1.29, 1.82) is 0 Å². The number of hydrogen-bond donors (Lipinski definition) is 5. The Hall–Kier alpha value is -3.77. The number of para-hydroxylation sites is 1. The molecule has 1 amide bonds. The van der Waals surface area contributed by atoms with Crippen LogP contribution in [0, 0.1) is 5.82 Å². The van der Waals surface area contributed by atoms with Gasteiger partial charge in [-0.1, -0.05) is 12.1 Å². The first-order chi connectivity index (χ1) is 14.2. The Labute approximate surface area is 171 Å². The van der Waals surface area contributed by atoms with Gasteiger partial charge in [0.2, 0.25) is 16.0 Å². The molecule has 0 aliphatic rings. The van der Waals surface area contributed by atoms with E-state index in [4.69, 9.17) is 10.9 Å². The Morgan fingerprint density at radius 3 is 2.50 bits per heavy atom. The molecule has 0 saturated heterocycles. The number of carbonyl (C=O) groups is 1. The molecule has 10 nitrogen and oxygen atoms in total. The average molecular weight is 431 g/mol. The fourth-order valence-corrected chi connectivity index (χ4v) is 3.25. The average Bonchev–Trinajstić information content (AvgIpc) is 2.69. The first-order valence-corrected chi connectivity index (χ1v) is 10.0. The maximum Gasteiger partial charge on any atom is 0.254 e. The van der Waals surface area contributed by atoms with Crippen LogP contribution in [0.1, 0.15) is 10.4 Å². The zero-order chi connectivity index (χ0) is 21.9. The van der Waals surface area contributed by atoms with Crippen molar-refractivity contribution in [3.8, 4) is 0 Å². The molecule has 0 fully saturated rings. The minimum absolute atomic E-state index is 0.0530. The Morgan fingerprint density at radius 2 is 1.83 bits per heavy atom. The molecule has 0 saturated carbocycles. The molecule has 1 aromatic heterocycles. The number of nitrogens with one attached hydrogen (secondary N) is 3. The van der Waals surface area contributed by atoms with Crippen LogP contribution in [0.25, 0.3) is 0 Å². The monoisotopic (exact) mass is 431 g/mol. The molecule has 12 heteroatoms. The third kappa shape index (κ3) is 4.61. The summed E-state index contributed by atoms with van der Waals surface area (Å²) in [5.74, 6) is -1.53. The lowest BCUT2D eigenvalue weighted by atomic mass is 10.2. The van der Waals surface area contributed by atoms with Crippen LogP contribution in [-0.4, -0.2) is 31.3 Å². The lowest BCUT2D eigenvalue weighted by Gasteiger charge is -2.14. The van der Waals surface area contributed by atoms with Gasteiger partial charge in [-0.25, -0.2) is 22.9 Å². The maximum absolute atomic E-state index is 14.1. The highest BCUT2D eigenvalue weighted by molar-refractivity contribution is 7.89. The summed E-state index contributed by atoms with van der Waals surface area (Å²) < 4.78 is 37.8. The number of primary amides is 1. The molecule has 30 heavy (non-hydrogen) atoms. The highest BCUT2D eigenvalue weighted by atomic mass is 32.2. The van der Waals surface area contributed by atoms with Gasteiger partial charge in [0, 0.05) is 18.9 Å². The zero-order valence-electron chi connectivity index (χ0n) is 15.7. The third-order valence-corrected chi connectivity index (χ3v) is 4.97. The fraction of sp³-hybridized carbons (Fsp3) is 0.0556. The van der Waals surface area contributed by atoms with Crippen molar-refractivity contribution in [2.24, 2.45) is 10.9 Å². The van der Waals surface area contributed by atoms with E-state index in [9.17, 15) is 17.6 Å². The van der Waals surface area contributed by atoms with E-state index in [1.807, 2.05) is 0 Å². The van der Waals surface area contributed by atoms with Crippen molar-refractivity contribution in [2.75, 3.05) is 23.0 Å². The van der Waals surface area contributed by atoms with Crippen molar-refractivity contribution >= 4 is 44.8 Å². The van der Waals surface area contributed by atoms with Gasteiger partial charge in [0.25, 0.3) is 5.91 Å².